The first-order chi connectivity index (χ1) is 10.3. The van der Waals surface area contributed by atoms with Crippen molar-refractivity contribution in [1.82, 2.24) is 0 Å². The van der Waals surface area contributed by atoms with Crippen LogP contribution in [-0.4, -0.2) is 39.1 Å². The number of fused-ring (bicyclic) bond motifs is 1. The van der Waals surface area contributed by atoms with Crippen molar-refractivity contribution in [3.05, 3.63) is 23.8 Å². The SMILES string of the molecule is NC(COCC1CCCO1)c1ccc2c(c1)OCCCO2. The first-order valence-corrected chi connectivity index (χ1v) is 7.67. The Kier molecular flexibility index (Phi) is 4.95. The molecule has 2 aliphatic heterocycles. The van der Waals surface area contributed by atoms with E-state index in [1.165, 1.54) is 0 Å². The molecule has 0 spiro atoms. The molecular weight excluding hydrogens is 270 g/mol. The van der Waals surface area contributed by atoms with Gasteiger partial charge in [-0.1, -0.05) is 6.07 Å². The molecule has 5 heteroatoms. The van der Waals surface area contributed by atoms with E-state index >= 15 is 0 Å². The predicted molar refractivity (Wildman–Crippen MR) is 78.8 cm³/mol. The second-order valence-corrected chi connectivity index (χ2v) is 5.54. The van der Waals surface area contributed by atoms with Crippen LogP contribution in [0.4, 0.5) is 0 Å². The molecule has 3 rings (SSSR count). The molecule has 21 heavy (non-hydrogen) atoms. The smallest absolute Gasteiger partial charge is 0.161 e. The third-order valence-corrected chi connectivity index (χ3v) is 3.82. The summed E-state index contributed by atoms with van der Waals surface area (Å²) in [7, 11) is 0. The van der Waals surface area contributed by atoms with Gasteiger partial charge in [0.1, 0.15) is 0 Å². The lowest BCUT2D eigenvalue weighted by molar-refractivity contribution is 0.0129. The van der Waals surface area contributed by atoms with Crippen molar-refractivity contribution in [2.45, 2.75) is 31.4 Å². The highest BCUT2D eigenvalue weighted by Gasteiger charge is 2.17. The van der Waals surface area contributed by atoms with Crippen LogP contribution in [0, 0.1) is 0 Å². The van der Waals surface area contributed by atoms with Crippen molar-refractivity contribution in [1.29, 1.82) is 0 Å². The molecule has 2 aliphatic rings. The summed E-state index contributed by atoms with van der Waals surface area (Å²) in [5, 5.41) is 0. The Bertz CT molecular complexity index is 460. The molecule has 2 heterocycles. The number of benzene rings is 1. The van der Waals surface area contributed by atoms with E-state index in [9.17, 15) is 0 Å². The van der Waals surface area contributed by atoms with Crippen LogP contribution >= 0.6 is 0 Å². The van der Waals surface area contributed by atoms with Crippen molar-refractivity contribution >= 4 is 0 Å². The number of ether oxygens (including phenoxy) is 4. The van der Waals surface area contributed by atoms with Crippen LogP contribution in [0.2, 0.25) is 0 Å². The molecule has 0 aliphatic carbocycles. The standard InChI is InChI=1S/C16H23NO4/c17-14(11-18-10-13-3-1-6-19-13)12-4-5-15-16(9-12)21-8-2-7-20-15/h4-5,9,13-14H,1-3,6-8,10-11,17H2. The lowest BCUT2D eigenvalue weighted by Crippen LogP contribution is -2.21. The van der Waals surface area contributed by atoms with Crippen LogP contribution in [0.3, 0.4) is 0 Å². The van der Waals surface area contributed by atoms with E-state index in [4.69, 9.17) is 24.7 Å². The van der Waals surface area contributed by atoms with E-state index in [0.717, 1.165) is 42.9 Å². The summed E-state index contributed by atoms with van der Waals surface area (Å²) in [5.74, 6) is 1.57. The van der Waals surface area contributed by atoms with Gasteiger partial charge in [-0.15, -0.1) is 0 Å². The quantitative estimate of drug-likeness (QED) is 0.900. The zero-order valence-corrected chi connectivity index (χ0v) is 12.3. The number of hydrogen-bond donors (Lipinski definition) is 1. The van der Waals surface area contributed by atoms with E-state index < -0.39 is 0 Å². The maximum absolute atomic E-state index is 6.19. The molecule has 0 bridgehead atoms. The highest BCUT2D eigenvalue weighted by atomic mass is 16.5. The molecule has 1 aromatic rings. The molecule has 0 aromatic heterocycles. The maximum atomic E-state index is 6.19. The van der Waals surface area contributed by atoms with E-state index in [2.05, 4.69) is 0 Å². The van der Waals surface area contributed by atoms with Gasteiger partial charge >= 0.3 is 0 Å². The van der Waals surface area contributed by atoms with Gasteiger partial charge in [-0.2, -0.15) is 0 Å². The largest absolute Gasteiger partial charge is 0.490 e. The summed E-state index contributed by atoms with van der Waals surface area (Å²) in [6.07, 6.45) is 3.35. The summed E-state index contributed by atoms with van der Waals surface area (Å²) in [6.45, 7) is 3.34. The molecule has 0 radical (unpaired) electrons. The van der Waals surface area contributed by atoms with Gasteiger partial charge in [0, 0.05) is 13.0 Å². The number of hydrogen-bond acceptors (Lipinski definition) is 5. The first-order valence-electron chi connectivity index (χ1n) is 7.67. The zero-order valence-electron chi connectivity index (χ0n) is 12.3. The lowest BCUT2D eigenvalue weighted by Gasteiger charge is -2.16. The van der Waals surface area contributed by atoms with Gasteiger partial charge in [-0.05, 0) is 30.5 Å². The van der Waals surface area contributed by atoms with Gasteiger partial charge in [-0.3, -0.25) is 0 Å². The van der Waals surface area contributed by atoms with Gasteiger partial charge in [0.25, 0.3) is 0 Å². The Morgan fingerprint density at radius 1 is 1.14 bits per heavy atom. The van der Waals surface area contributed by atoms with Crippen molar-refractivity contribution in [2.24, 2.45) is 5.73 Å². The molecule has 0 amide bonds. The average molecular weight is 293 g/mol. The van der Waals surface area contributed by atoms with Gasteiger partial charge < -0.3 is 24.7 Å². The second-order valence-electron chi connectivity index (χ2n) is 5.54. The Hall–Kier alpha value is -1.30. The van der Waals surface area contributed by atoms with Crippen LogP contribution < -0.4 is 15.2 Å². The first kappa shape index (κ1) is 14.6. The Balaban J connectivity index is 1.54. The molecular formula is C16H23NO4. The van der Waals surface area contributed by atoms with E-state index in [1.54, 1.807) is 0 Å². The van der Waals surface area contributed by atoms with Gasteiger partial charge in [0.05, 0.1) is 38.6 Å². The molecule has 1 aromatic carbocycles. The Labute approximate surface area is 125 Å². The van der Waals surface area contributed by atoms with Crippen LogP contribution in [0.1, 0.15) is 30.9 Å². The minimum atomic E-state index is -0.163. The molecule has 2 unspecified atom stereocenters. The normalized spacial score (nSPS) is 22.8. The third-order valence-electron chi connectivity index (χ3n) is 3.82. The van der Waals surface area contributed by atoms with Crippen molar-refractivity contribution < 1.29 is 18.9 Å². The van der Waals surface area contributed by atoms with E-state index in [0.29, 0.717) is 26.4 Å². The molecule has 0 saturated carbocycles. The fraction of sp³-hybridized carbons (Fsp3) is 0.625. The van der Waals surface area contributed by atoms with Crippen LogP contribution in [0.15, 0.2) is 18.2 Å². The Morgan fingerprint density at radius 2 is 2.00 bits per heavy atom. The van der Waals surface area contributed by atoms with Gasteiger partial charge in [0.15, 0.2) is 11.5 Å². The van der Waals surface area contributed by atoms with Crippen LogP contribution in [0.5, 0.6) is 11.5 Å². The average Bonchev–Trinajstić information content (AvgIpc) is 2.90. The molecule has 1 saturated heterocycles. The topological polar surface area (TPSA) is 62.9 Å². The van der Waals surface area contributed by atoms with E-state index in [1.807, 2.05) is 18.2 Å². The zero-order chi connectivity index (χ0) is 14.5. The molecule has 1 fully saturated rings. The van der Waals surface area contributed by atoms with Crippen molar-refractivity contribution in [3.8, 4) is 11.5 Å². The molecule has 116 valence electrons. The minimum Gasteiger partial charge on any atom is -0.490 e. The van der Waals surface area contributed by atoms with Gasteiger partial charge in [-0.25, -0.2) is 0 Å². The molecule has 2 atom stereocenters. The minimum absolute atomic E-state index is 0.163. The predicted octanol–water partition coefficient (Wildman–Crippen LogP) is 2.04. The van der Waals surface area contributed by atoms with E-state index in [-0.39, 0.29) is 12.1 Å². The maximum Gasteiger partial charge on any atom is 0.161 e. The second kappa shape index (κ2) is 7.11. The summed E-state index contributed by atoms with van der Waals surface area (Å²) in [4.78, 5) is 0. The van der Waals surface area contributed by atoms with Crippen LogP contribution in [-0.2, 0) is 9.47 Å². The molecule has 2 N–H and O–H groups in total. The van der Waals surface area contributed by atoms with Crippen molar-refractivity contribution in [3.63, 3.8) is 0 Å². The number of rotatable bonds is 5. The van der Waals surface area contributed by atoms with Crippen molar-refractivity contribution in [2.75, 3.05) is 33.0 Å². The highest BCUT2D eigenvalue weighted by Crippen LogP contribution is 2.32. The van der Waals surface area contributed by atoms with Gasteiger partial charge in [0.2, 0.25) is 0 Å². The summed E-state index contributed by atoms with van der Waals surface area (Å²) >= 11 is 0. The fourth-order valence-electron chi connectivity index (χ4n) is 2.61. The summed E-state index contributed by atoms with van der Waals surface area (Å²) < 4.78 is 22.5. The summed E-state index contributed by atoms with van der Waals surface area (Å²) in [5.41, 5.74) is 7.20. The Morgan fingerprint density at radius 3 is 2.81 bits per heavy atom. The fourth-order valence-corrected chi connectivity index (χ4v) is 2.61. The lowest BCUT2D eigenvalue weighted by atomic mass is 10.1. The van der Waals surface area contributed by atoms with Crippen LogP contribution in [0.25, 0.3) is 0 Å². The monoisotopic (exact) mass is 293 g/mol. The highest BCUT2D eigenvalue weighted by molar-refractivity contribution is 5.44. The third kappa shape index (κ3) is 3.87. The molecule has 5 nitrogen and oxygen atoms in total. The number of nitrogens with two attached hydrogens (primary N) is 1. The summed E-state index contributed by atoms with van der Waals surface area (Å²) in [6, 6.07) is 5.70.